The van der Waals surface area contributed by atoms with Crippen molar-refractivity contribution in [2.24, 2.45) is 17.6 Å². The molecule has 2 saturated heterocycles. The molecule has 2 aliphatic rings. The number of piperidine rings is 1. The summed E-state index contributed by atoms with van der Waals surface area (Å²) in [6.07, 6.45) is 3.00. The first kappa shape index (κ1) is 18.3. The number of likely N-dealkylation sites (tertiary alicyclic amines) is 1. The third-order valence-electron chi connectivity index (χ3n) is 5.38. The summed E-state index contributed by atoms with van der Waals surface area (Å²) in [4.78, 5) is 25.8. The van der Waals surface area contributed by atoms with Gasteiger partial charge in [-0.05, 0) is 49.8 Å². The van der Waals surface area contributed by atoms with Crippen molar-refractivity contribution in [2.75, 3.05) is 19.7 Å². The molecule has 2 amide bonds. The van der Waals surface area contributed by atoms with Crippen molar-refractivity contribution in [3.8, 4) is 6.07 Å². The Balaban J connectivity index is 1.56. The second kappa shape index (κ2) is 7.83. The van der Waals surface area contributed by atoms with Gasteiger partial charge in [0.2, 0.25) is 5.91 Å². The van der Waals surface area contributed by atoms with E-state index < -0.39 is 5.82 Å². The maximum absolute atomic E-state index is 13.4. The fourth-order valence-corrected chi connectivity index (χ4v) is 3.83. The molecule has 0 radical (unpaired) electrons. The molecule has 2 fully saturated rings. The lowest BCUT2D eigenvalue weighted by molar-refractivity contribution is -0.123. The van der Waals surface area contributed by atoms with Crippen molar-refractivity contribution in [1.82, 2.24) is 4.90 Å². The lowest BCUT2D eigenvalue weighted by atomic mass is 9.86. The Morgan fingerprint density at radius 2 is 2.04 bits per heavy atom. The third kappa shape index (κ3) is 3.86. The SMILES string of the molecule is N#Cc1cc(C(=O)N2CCC(C[C@H]3OCC[C@H]3C(N)=O)CC2)ccc1F. The smallest absolute Gasteiger partial charge is 0.253 e. The van der Waals surface area contributed by atoms with Crippen LogP contribution in [0.5, 0.6) is 0 Å². The molecule has 1 aromatic carbocycles. The Morgan fingerprint density at radius 1 is 1.31 bits per heavy atom. The highest BCUT2D eigenvalue weighted by Crippen LogP contribution is 2.31. The predicted octanol–water partition coefficient (Wildman–Crippen LogP) is 1.83. The number of hydrogen-bond donors (Lipinski definition) is 1. The van der Waals surface area contributed by atoms with Gasteiger partial charge in [-0.25, -0.2) is 4.39 Å². The van der Waals surface area contributed by atoms with Gasteiger partial charge in [-0.2, -0.15) is 5.26 Å². The molecule has 0 spiro atoms. The van der Waals surface area contributed by atoms with Crippen LogP contribution in [0, 0.1) is 29.0 Å². The fraction of sp³-hybridized carbons (Fsp3) is 0.526. The zero-order chi connectivity index (χ0) is 18.7. The van der Waals surface area contributed by atoms with Crippen LogP contribution in [-0.2, 0) is 9.53 Å². The van der Waals surface area contributed by atoms with Crippen molar-refractivity contribution in [3.63, 3.8) is 0 Å². The van der Waals surface area contributed by atoms with Crippen molar-refractivity contribution in [1.29, 1.82) is 5.26 Å². The summed E-state index contributed by atoms with van der Waals surface area (Å²) >= 11 is 0. The summed E-state index contributed by atoms with van der Waals surface area (Å²) in [6, 6.07) is 5.62. The van der Waals surface area contributed by atoms with Crippen LogP contribution in [0.4, 0.5) is 4.39 Å². The first-order chi connectivity index (χ1) is 12.5. The van der Waals surface area contributed by atoms with Gasteiger partial charge in [0, 0.05) is 25.3 Å². The van der Waals surface area contributed by atoms with E-state index in [4.69, 9.17) is 15.7 Å². The number of nitrogens with zero attached hydrogens (tertiary/aromatic N) is 2. The van der Waals surface area contributed by atoms with E-state index in [-0.39, 0.29) is 29.4 Å². The van der Waals surface area contributed by atoms with E-state index in [0.29, 0.717) is 37.6 Å². The molecule has 138 valence electrons. The van der Waals surface area contributed by atoms with Crippen LogP contribution in [-0.4, -0.2) is 42.5 Å². The van der Waals surface area contributed by atoms with Crippen molar-refractivity contribution >= 4 is 11.8 Å². The number of ether oxygens (including phenoxy) is 1. The van der Waals surface area contributed by atoms with Gasteiger partial charge in [0.1, 0.15) is 11.9 Å². The van der Waals surface area contributed by atoms with Crippen LogP contribution in [0.25, 0.3) is 0 Å². The van der Waals surface area contributed by atoms with Crippen LogP contribution in [0.15, 0.2) is 18.2 Å². The number of benzene rings is 1. The van der Waals surface area contributed by atoms with Gasteiger partial charge in [-0.15, -0.1) is 0 Å². The minimum atomic E-state index is -0.622. The molecule has 26 heavy (non-hydrogen) atoms. The van der Waals surface area contributed by atoms with Crippen molar-refractivity contribution in [2.45, 2.75) is 31.8 Å². The van der Waals surface area contributed by atoms with Crippen LogP contribution >= 0.6 is 0 Å². The van der Waals surface area contributed by atoms with Crippen LogP contribution in [0.2, 0.25) is 0 Å². The average molecular weight is 359 g/mol. The van der Waals surface area contributed by atoms with Gasteiger partial charge < -0.3 is 15.4 Å². The zero-order valence-corrected chi connectivity index (χ0v) is 14.5. The number of halogens is 1. The second-order valence-electron chi connectivity index (χ2n) is 6.98. The molecule has 1 aromatic rings. The number of nitrogens with two attached hydrogens (primary N) is 1. The van der Waals surface area contributed by atoms with Crippen LogP contribution in [0.1, 0.15) is 41.6 Å². The third-order valence-corrected chi connectivity index (χ3v) is 5.38. The maximum atomic E-state index is 13.4. The fourth-order valence-electron chi connectivity index (χ4n) is 3.83. The molecule has 7 heteroatoms. The normalized spacial score (nSPS) is 23.6. The van der Waals surface area contributed by atoms with E-state index in [2.05, 4.69) is 0 Å². The lowest BCUT2D eigenvalue weighted by Gasteiger charge is -2.33. The number of carbonyl (C=O) groups is 2. The Kier molecular flexibility index (Phi) is 5.52. The van der Waals surface area contributed by atoms with Crippen LogP contribution in [0.3, 0.4) is 0 Å². The highest BCUT2D eigenvalue weighted by Gasteiger charge is 2.35. The largest absolute Gasteiger partial charge is 0.377 e. The number of primary amides is 1. The summed E-state index contributed by atoms with van der Waals surface area (Å²) in [5.41, 5.74) is 5.64. The molecule has 2 atom stereocenters. The molecule has 0 bridgehead atoms. The molecule has 2 heterocycles. The summed E-state index contributed by atoms with van der Waals surface area (Å²) in [6.45, 7) is 1.76. The quantitative estimate of drug-likeness (QED) is 0.887. The van der Waals surface area contributed by atoms with Gasteiger partial charge in [-0.3, -0.25) is 9.59 Å². The molecule has 6 nitrogen and oxygen atoms in total. The Morgan fingerprint density at radius 3 is 2.69 bits per heavy atom. The van der Waals surface area contributed by atoms with E-state index in [0.717, 1.165) is 25.3 Å². The minimum Gasteiger partial charge on any atom is -0.377 e. The van der Waals surface area contributed by atoms with E-state index in [9.17, 15) is 14.0 Å². The van der Waals surface area contributed by atoms with Gasteiger partial charge in [0.15, 0.2) is 0 Å². The van der Waals surface area contributed by atoms with Crippen molar-refractivity contribution < 1.29 is 18.7 Å². The maximum Gasteiger partial charge on any atom is 0.253 e. The molecule has 0 saturated carbocycles. The monoisotopic (exact) mass is 359 g/mol. The lowest BCUT2D eigenvalue weighted by Crippen LogP contribution is -2.40. The molecule has 0 aromatic heterocycles. The topological polar surface area (TPSA) is 96.4 Å². The molecule has 0 unspecified atom stereocenters. The molecular weight excluding hydrogens is 337 g/mol. The number of nitriles is 1. The molecule has 3 rings (SSSR count). The van der Waals surface area contributed by atoms with E-state index in [1.807, 2.05) is 0 Å². The summed E-state index contributed by atoms with van der Waals surface area (Å²) in [7, 11) is 0. The molecule has 2 aliphatic heterocycles. The average Bonchev–Trinajstić information content (AvgIpc) is 3.10. The number of rotatable bonds is 4. The Bertz CT molecular complexity index is 738. The first-order valence-electron chi connectivity index (χ1n) is 8.89. The standard InChI is InChI=1S/C19H22FN3O3/c20-16-2-1-13(10-14(16)11-21)19(25)23-6-3-12(4-7-23)9-17-15(18(22)24)5-8-26-17/h1-2,10,12,15,17H,3-9H2,(H2,22,24)/t15-,17-/m1/s1. The van der Waals surface area contributed by atoms with Gasteiger partial charge in [0.25, 0.3) is 5.91 Å². The minimum absolute atomic E-state index is 0.116. The second-order valence-corrected chi connectivity index (χ2v) is 6.98. The Labute approximate surface area is 151 Å². The number of amides is 2. The first-order valence-corrected chi connectivity index (χ1v) is 8.89. The van der Waals surface area contributed by atoms with E-state index in [1.54, 1.807) is 11.0 Å². The molecule has 0 aliphatic carbocycles. The number of hydrogen-bond acceptors (Lipinski definition) is 4. The predicted molar refractivity (Wildman–Crippen MR) is 91.4 cm³/mol. The summed E-state index contributed by atoms with van der Waals surface area (Å²) < 4.78 is 19.1. The highest BCUT2D eigenvalue weighted by atomic mass is 19.1. The van der Waals surface area contributed by atoms with Crippen molar-refractivity contribution in [3.05, 3.63) is 35.1 Å². The Hall–Kier alpha value is -2.46. The van der Waals surface area contributed by atoms with E-state index in [1.165, 1.54) is 12.1 Å². The highest BCUT2D eigenvalue weighted by molar-refractivity contribution is 5.94. The van der Waals surface area contributed by atoms with Gasteiger partial charge in [0.05, 0.1) is 17.6 Å². The number of carbonyl (C=O) groups excluding carboxylic acids is 2. The molecular formula is C19H22FN3O3. The summed E-state index contributed by atoms with van der Waals surface area (Å²) in [5.74, 6) is -0.940. The summed E-state index contributed by atoms with van der Waals surface area (Å²) in [5, 5.41) is 8.91. The van der Waals surface area contributed by atoms with E-state index >= 15 is 0 Å². The molecule has 2 N–H and O–H groups in total. The van der Waals surface area contributed by atoms with Crippen LogP contribution < -0.4 is 5.73 Å². The van der Waals surface area contributed by atoms with Gasteiger partial charge in [-0.1, -0.05) is 0 Å². The zero-order valence-electron chi connectivity index (χ0n) is 14.5. The van der Waals surface area contributed by atoms with Gasteiger partial charge >= 0.3 is 0 Å².